The molecule has 3 heterocycles. The van der Waals surface area contributed by atoms with Crippen molar-refractivity contribution >= 4 is 12.0 Å². The van der Waals surface area contributed by atoms with Gasteiger partial charge in [-0.3, -0.25) is 4.79 Å². The Morgan fingerprint density at radius 2 is 1.85 bits per heavy atom. The molecule has 1 amide bonds. The Bertz CT molecular complexity index is 727. The van der Waals surface area contributed by atoms with Crippen LogP contribution in [0.5, 0.6) is 0 Å². The van der Waals surface area contributed by atoms with E-state index >= 15 is 0 Å². The summed E-state index contributed by atoms with van der Waals surface area (Å²) in [5.41, 5.74) is 3.33. The van der Waals surface area contributed by atoms with E-state index < -0.39 is 0 Å². The standard InChI is InChI=1S/C22H29N3O/c26-20(19-15-21(16-24-19)7-11-23-12-8-21)25-13-9-22(10-14-25)6-5-17-3-1-2-4-18(17)22/h1-6,19,23-24H,7-16H2/t19-/m1/s1. The van der Waals surface area contributed by atoms with Gasteiger partial charge < -0.3 is 15.5 Å². The molecular weight excluding hydrogens is 322 g/mol. The molecule has 0 radical (unpaired) electrons. The van der Waals surface area contributed by atoms with Crippen LogP contribution in [-0.2, 0) is 10.2 Å². The van der Waals surface area contributed by atoms with Crippen molar-refractivity contribution < 1.29 is 4.79 Å². The highest BCUT2D eigenvalue weighted by Gasteiger charge is 2.45. The second-order valence-electron chi connectivity index (χ2n) is 8.79. The predicted molar refractivity (Wildman–Crippen MR) is 104 cm³/mol. The Morgan fingerprint density at radius 3 is 2.65 bits per heavy atom. The van der Waals surface area contributed by atoms with Crippen molar-refractivity contribution in [1.82, 2.24) is 15.5 Å². The number of amides is 1. The van der Waals surface area contributed by atoms with Crippen LogP contribution >= 0.6 is 0 Å². The highest BCUT2D eigenvalue weighted by molar-refractivity contribution is 5.82. The van der Waals surface area contributed by atoms with E-state index in [0.717, 1.165) is 52.0 Å². The molecule has 0 unspecified atom stereocenters. The van der Waals surface area contributed by atoms with Gasteiger partial charge in [-0.15, -0.1) is 0 Å². The molecule has 1 atom stereocenters. The van der Waals surface area contributed by atoms with Gasteiger partial charge in [-0.1, -0.05) is 36.4 Å². The van der Waals surface area contributed by atoms with Gasteiger partial charge in [0.2, 0.25) is 5.91 Å². The van der Waals surface area contributed by atoms with Gasteiger partial charge in [-0.05, 0) is 61.7 Å². The monoisotopic (exact) mass is 351 g/mol. The summed E-state index contributed by atoms with van der Waals surface area (Å²) in [6.07, 6.45) is 10.2. The summed E-state index contributed by atoms with van der Waals surface area (Å²) in [6.45, 7) is 4.97. The molecule has 3 aliphatic heterocycles. The Labute approximate surface area is 156 Å². The number of benzene rings is 1. The number of nitrogens with one attached hydrogen (secondary N) is 2. The van der Waals surface area contributed by atoms with E-state index in [2.05, 4.69) is 52.0 Å². The molecule has 2 spiro atoms. The van der Waals surface area contributed by atoms with Crippen molar-refractivity contribution in [3.8, 4) is 0 Å². The van der Waals surface area contributed by atoms with Crippen LogP contribution in [0.15, 0.2) is 30.3 Å². The molecule has 3 fully saturated rings. The lowest BCUT2D eigenvalue weighted by molar-refractivity contribution is -0.134. The maximum Gasteiger partial charge on any atom is 0.239 e. The van der Waals surface area contributed by atoms with E-state index in [1.807, 2.05) is 0 Å². The lowest BCUT2D eigenvalue weighted by atomic mass is 9.74. The number of carbonyl (C=O) groups is 1. The van der Waals surface area contributed by atoms with Gasteiger partial charge in [0.15, 0.2) is 0 Å². The predicted octanol–water partition coefficient (Wildman–Crippen LogP) is 2.31. The Balaban J connectivity index is 1.24. The summed E-state index contributed by atoms with van der Waals surface area (Å²) in [7, 11) is 0. The molecule has 4 heteroatoms. The molecule has 3 saturated heterocycles. The molecule has 26 heavy (non-hydrogen) atoms. The molecule has 5 rings (SSSR count). The maximum absolute atomic E-state index is 13.1. The van der Waals surface area contributed by atoms with Gasteiger partial charge in [0.05, 0.1) is 6.04 Å². The lowest BCUT2D eigenvalue weighted by Crippen LogP contribution is -2.49. The third kappa shape index (κ3) is 2.62. The van der Waals surface area contributed by atoms with E-state index in [4.69, 9.17) is 0 Å². The third-order valence-corrected chi connectivity index (χ3v) is 7.37. The van der Waals surface area contributed by atoms with Crippen LogP contribution in [0.3, 0.4) is 0 Å². The number of piperidine rings is 2. The zero-order valence-electron chi connectivity index (χ0n) is 15.5. The molecule has 1 aliphatic carbocycles. The van der Waals surface area contributed by atoms with Crippen molar-refractivity contribution in [2.24, 2.45) is 5.41 Å². The van der Waals surface area contributed by atoms with E-state index in [1.165, 1.54) is 24.0 Å². The zero-order valence-corrected chi connectivity index (χ0v) is 15.5. The van der Waals surface area contributed by atoms with Gasteiger partial charge in [0, 0.05) is 25.0 Å². The summed E-state index contributed by atoms with van der Waals surface area (Å²) in [5.74, 6) is 0.338. The SMILES string of the molecule is O=C([C@H]1CC2(CCNCC2)CN1)N1CCC2(C=Cc3ccccc32)CC1. The van der Waals surface area contributed by atoms with Gasteiger partial charge in [0.1, 0.15) is 0 Å². The second kappa shape index (κ2) is 6.21. The summed E-state index contributed by atoms with van der Waals surface area (Å²) < 4.78 is 0. The topological polar surface area (TPSA) is 44.4 Å². The van der Waals surface area contributed by atoms with Crippen LogP contribution in [0.2, 0.25) is 0 Å². The van der Waals surface area contributed by atoms with E-state index in [-0.39, 0.29) is 11.5 Å². The summed E-state index contributed by atoms with van der Waals surface area (Å²) in [5, 5.41) is 7.01. The molecule has 0 saturated carbocycles. The molecule has 1 aromatic carbocycles. The van der Waals surface area contributed by atoms with Crippen LogP contribution < -0.4 is 10.6 Å². The first-order valence-corrected chi connectivity index (χ1v) is 10.2. The normalized spacial score (nSPS) is 28.6. The average Bonchev–Trinajstić information content (AvgIpc) is 3.26. The molecule has 2 N–H and O–H groups in total. The number of carbonyl (C=O) groups excluding carboxylic acids is 1. The molecule has 138 valence electrons. The largest absolute Gasteiger partial charge is 0.341 e. The molecular formula is C22H29N3O. The van der Waals surface area contributed by atoms with Crippen LogP contribution in [-0.4, -0.2) is 49.6 Å². The van der Waals surface area contributed by atoms with Gasteiger partial charge in [0.25, 0.3) is 0 Å². The van der Waals surface area contributed by atoms with Crippen LogP contribution in [0.25, 0.3) is 6.08 Å². The molecule has 4 aliphatic rings. The molecule has 0 aromatic heterocycles. The summed E-state index contributed by atoms with van der Waals surface area (Å²) in [4.78, 5) is 15.2. The number of fused-ring (bicyclic) bond motifs is 2. The summed E-state index contributed by atoms with van der Waals surface area (Å²) >= 11 is 0. The Hall–Kier alpha value is -1.65. The van der Waals surface area contributed by atoms with E-state index in [9.17, 15) is 4.79 Å². The van der Waals surface area contributed by atoms with Gasteiger partial charge >= 0.3 is 0 Å². The fourth-order valence-corrected chi connectivity index (χ4v) is 5.65. The van der Waals surface area contributed by atoms with Crippen molar-refractivity contribution in [2.45, 2.75) is 43.6 Å². The lowest BCUT2D eigenvalue weighted by Gasteiger charge is -2.40. The molecule has 4 nitrogen and oxygen atoms in total. The number of nitrogens with zero attached hydrogens (tertiary/aromatic N) is 1. The smallest absolute Gasteiger partial charge is 0.239 e. The number of hydrogen-bond acceptors (Lipinski definition) is 3. The highest BCUT2D eigenvalue weighted by Crippen LogP contribution is 2.44. The summed E-state index contributed by atoms with van der Waals surface area (Å²) in [6, 6.07) is 8.77. The van der Waals surface area contributed by atoms with E-state index in [0.29, 0.717) is 11.3 Å². The zero-order chi connectivity index (χ0) is 17.6. The number of allylic oxidation sites excluding steroid dienone is 1. The Kier molecular flexibility index (Phi) is 3.94. The molecule has 0 bridgehead atoms. The van der Waals surface area contributed by atoms with Crippen LogP contribution in [0, 0.1) is 5.41 Å². The number of hydrogen-bond donors (Lipinski definition) is 2. The first kappa shape index (κ1) is 16.5. The number of rotatable bonds is 1. The van der Waals surface area contributed by atoms with Crippen molar-refractivity contribution in [1.29, 1.82) is 0 Å². The maximum atomic E-state index is 13.1. The minimum absolute atomic E-state index is 0.0357. The fraction of sp³-hybridized carbons (Fsp3) is 0.591. The Morgan fingerprint density at radius 1 is 1.08 bits per heavy atom. The minimum atomic E-state index is 0.0357. The second-order valence-corrected chi connectivity index (χ2v) is 8.79. The first-order chi connectivity index (χ1) is 12.7. The van der Waals surface area contributed by atoms with Crippen LogP contribution in [0.1, 0.15) is 43.2 Å². The molecule has 1 aromatic rings. The highest BCUT2D eigenvalue weighted by atomic mass is 16.2. The minimum Gasteiger partial charge on any atom is -0.341 e. The first-order valence-electron chi connectivity index (χ1n) is 10.2. The number of likely N-dealkylation sites (tertiary alicyclic amines) is 1. The van der Waals surface area contributed by atoms with Gasteiger partial charge in [-0.25, -0.2) is 0 Å². The van der Waals surface area contributed by atoms with Gasteiger partial charge in [-0.2, -0.15) is 0 Å². The fourth-order valence-electron chi connectivity index (χ4n) is 5.65. The van der Waals surface area contributed by atoms with Crippen molar-refractivity contribution in [2.75, 3.05) is 32.7 Å². The quantitative estimate of drug-likeness (QED) is 0.816. The van der Waals surface area contributed by atoms with Crippen LogP contribution in [0.4, 0.5) is 0 Å². The third-order valence-electron chi connectivity index (χ3n) is 7.37. The van der Waals surface area contributed by atoms with E-state index in [1.54, 1.807) is 0 Å². The van der Waals surface area contributed by atoms with Crippen molar-refractivity contribution in [3.05, 3.63) is 41.5 Å². The van der Waals surface area contributed by atoms with Crippen molar-refractivity contribution in [3.63, 3.8) is 0 Å². The average molecular weight is 351 g/mol.